The zero-order valence-corrected chi connectivity index (χ0v) is 12.6. The molecule has 112 valence electrons. The molecule has 2 aromatic heterocycles. The molecule has 0 saturated carbocycles. The Bertz CT molecular complexity index is 574. The lowest BCUT2D eigenvalue weighted by atomic mass is 10.1. The van der Waals surface area contributed by atoms with Gasteiger partial charge < -0.3 is 10.1 Å². The summed E-state index contributed by atoms with van der Waals surface area (Å²) in [4.78, 5) is 13.0. The number of anilines is 1. The fourth-order valence-corrected chi connectivity index (χ4v) is 3.17. The smallest absolute Gasteiger partial charge is 0.229 e. The summed E-state index contributed by atoms with van der Waals surface area (Å²) < 4.78 is 7.54. The highest BCUT2D eigenvalue weighted by atomic mass is 32.1. The molecule has 0 aromatic carbocycles. The van der Waals surface area contributed by atoms with Gasteiger partial charge in [-0.25, -0.2) is 0 Å². The van der Waals surface area contributed by atoms with Crippen LogP contribution in [0.5, 0.6) is 0 Å². The number of rotatable bonds is 5. The highest BCUT2D eigenvalue weighted by Gasteiger charge is 2.15. The summed E-state index contributed by atoms with van der Waals surface area (Å²) in [5, 5.41) is 9.14. The van der Waals surface area contributed by atoms with E-state index in [1.807, 2.05) is 28.4 Å². The van der Waals surface area contributed by atoms with Gasteiger partial charge in [-0.3, -0.25) is 9.48 Å². The summed E-state index contributed by atoms with van der Waals surface area (Å²) in [5.74, 6) is -0.00841. The molecule has 2 aromatic rings. The highest BCUT2D eigenvalue weighted by Crippen LogP contribution is 2.16. The first-order chi connectivity index (χ1) is 10.3. The third kappa shape index (κ3) is 4.15. The Morgan fingerprint density at radius 2 is 2.48 bits per heavy atom. The summed E-state index contributed by atoms with van der Waals surface area (Å²) in [6, 6.07) is 3.92. The molecule has 1 atom stereocenters. The third-order valence-electron chi connectivity index (χ3n) is 3.50. The molecule has 1 saturated heterocycles. The number of thiophene rings is 1. The molecule has 0 radical (unpaired) electrons. The van der Waals surface area contributed by atoms with Crippen LogP contribution in [0, 0.1) is 0 Å². The molecule has 1 aliphatic rings. The Labute approximate surface area is 127 Å². The second-order valence-electron chi connectivity index (χ2n) is 5.24. The highest BCUT2D eigenvalue weighted by molar-refractivity contribution is 7.10. The van der Waals surface area contributed by atoms with Crippen molar-refractivity contribution in [3.05, 3.63) is 34.8 Å². The Kier molecular flexibility index (Phi) is 4.67. The molecule has 3 heterocycles. The lowest BCUT2D eigenvalue weighted by Crippen LogP contribution is -2.24. The molecule has 3 rings (SSSR count). The number of nitrogens with one attached hydrogen (secondary N) is 1. The molecule has 0 unspecified atom stereocenters. The topological polar surface area (TPSA) is 56.2 Å². The average Bonchev–Trinajstić information content (AvgIpc) is 3.12. The van der Waals surface area contributed by atoms with Gasteiger partial charge in [0.2, 0.25) is 5.91 Å². The van der Waals surface area contributed by atoms with E-state index in [2.05, 4.69) is 10.4 Å². The zero-order valence-electron chi connectivity index (χ0n) is 11.8. The summed E-state index contributed by atoms with van der Waals surface area (Å²) in [5.41, 5.74) is 0.743. The molecule has 0 aliphatic carbocycles. The Morgan fingerprint density at radius 3 is 3.24 bits per heavy atom. The number of ether oxygens (including phenoxy) is 1. The maximum absolute atomic E-state index is 11.9. The number of carbonyl (C=O) groups is 1. The maximum Gasteiger partial charge on any atom is 0.229 e. The average molecular weight is 305 g/mol. The fraction of sp³-hybridized carbons (Fsp3) is 0.467. The van der Waals surface area contributed by atoms with Crippen molar-refractivity contribution >= 4 is 22.9 Å². The maximum atomic E-state index is 11.9. The molecule has 21 heavy (non-hydrogen) atoms. The minimum absolute atomic E-state index is 0.00841. The van der Waals surface area contributed by atoms with Crippen LogP contribution >= 0.6 is 11.3 Å². The number of hydrogen-bond acceptors (Lipinski definition) is 4. The third-order valence-corrected chi connectivity index (χ3v) is 4.37. The van der Waals surface area contributed by atoms with Crippen LogP contribution in [0.15, 0.2) is 29.9 Å². The second kappa shape index (κ2) is 6.87. The van der Waals surface area contributed by atoms with Gasteiger partial charge in [0, 0.05) is 17.7 Å². The van der Waals surface area contributed by atoms with Crippen molar-refractivity contribution in [1.29, 1.82) is 0 Å². The molecule has 1 aliphatic heterocycles. The largest absolute Gasteiger partial charge is 0.376 e. The van der Waals surface area contributed by atoms with Gasteiger partial charge in [0.05, 0.1) is 31.0 Å². The Hall–Kier alpha value is -1.66. The normalized spacial score (nSPS) is 18.6. The van der Waals surface area contributed by atoms with Crippen LogP contribution in [0.2, 0.25) is 0 Å². The van der Waals surface area contributed by atoms with Crippen molar-refractivity contribution in [2.24, 2.45) is 0 Å². The van der Waals surface area contributed by atoms with Crippen LogP contribution in [0.1, 0.15) is 24.1 Å². The quantitative estimate of drug-likeness (QED) is 0.924. The SMILES string of the molecule is O=C(Cc1cccs1)Nc1cnn(C[C@@H]2CCCCO2)c1. The summed E-state index contributed by atoms with van der Waals surface area (Å²) in [6.07, 6.45) is 7.66. The minimum Gasteiger partial charge on any atom is -0.376 e. The molecule has 6 heteroatoms. The van der Waals surface area contributed by atoms with Gasteiger partial charge in [0.15, 0.2) is 0 Å². The van der Waals surface area contributed by atoms with Gasteiger partial charge in [0.25, 0.3) is 0 Å². The predicted octanol–water partition coefficient (Wildman–Crippen LogP) is 2.69. The van der Waals surface area contributed by atoms with E-state index in [0.29, 0.717) is 6.42 Å². The number of amides is 1. The van der Waals surface area contributed by atoms with Gasteiger partial charge in [-0.1, -0.05) is 6.07 Å². The number of hydrogen-bond donors (Lipinski definition) is 1. The van der Waals surface area contributed by atoms with Gasteiger partial charge in [-0.05, 0) is 30.7 Å². The van der Waals surface area contributed by atoms with E-state index in [-0.39, 0.29) is 12.0 Å². The first-order valence-corrected chi connectivity index (χ1v) is 8.14. The molecule has 1 N–H and O–H groups in total. The molecule has 5 nitrogen and oxygen atoms in total. The Morgan fingerprint density at radius 1 is 1.52 bits per heavy atom. The van der Waals surface area contributed by atoms with E-state index in [1.165, 1.54) is 6.42 Å². The van der Waals surface area contributed by atoms with Gasteiger partial charge in [0.1, 0.15) is 0 Å². The lowest BCUT2D eigenvalue weighted by molar-refractivity contribution is -0.115. The van der Waals surface area contributed by atoms with Crippen molar-refractivity contribution in [3.8, 4) is 0 Å². The van der Waals surface area contributed by atoms with Crippen molar-refractivity contribution in [3.63, 3.8) is 0 Å². The van der Waals surface area contributed by atoms with E-state index < -0.39 is 0 Å². The monoisotopic (exact) mass is 305 g/mol. The summed E-state index contributed by atoms with van der Waals surface area (Å²) in [6.45, 7) is 1.59. The Balaban J connectivity index is 1.51. The van der Waals surface area contributed by atoms with E-state index in [9.17, 15) is 4.79 Å². The minimum atomic E-state index is -0.00841. The van der Waals surface area contributed by atoms with E-state index >= 15 is 0 Å². The van der Waals surface area contributed by atoms with Gasteiger partial charge in [-0.2, -0.15) is 5.10 Å². The summed E-state index contributed by atoms with van der Waals surface area (Å²) in [7, 11) is 0. The van der Waals surface area contributed by atoms with Crippen LogP contribution in [0.25, 0.3) is 0 Å². The van der Waals surface area contributed by atoms with Crippen LogP contribution in [0.4, 0.5) is 5.69 Å². The van der Waals surface area contributed by atoms with Crippen LogP contribution in [-0.4, -0.2) is 28.4 Å². The lowest BCUT2D eigenvalue weighted by Gasteiger charge is -2.22. The molecule has 0 spiro atoms. The summed E-state index contributed by atoms with van der Waals surface area (Å²) >= 11 is 1.59. The van der Waals surface area contributed by atoms with Crippen molar-refractivity contribution in [2.75, 3.05) is 11.9 Å². The van der Waals surface area contributed by atoms with E-state index in [1.54, 1.807) is 17.5 Å². The first kappa shape index (κ1) is 14.3. The standard InChI is InChI=1S/C15H19N3O2S/c19-15(8-14-5-3-7-21-14)17-12-9-16-18(10-12)11-13-4-1-2-6-20-13/h3,5,7,9-10,13H,1-2,4,6,8,11H2,(H,17,19)/t13-/m0/s1. The second-order valence-corrected chi connectivity index (χ2v) is 6.28. The molecule has 1 fully saturated rings. The number of aromatic nitrogens is 2. The fourth-order valence-electron chi connectivity index (χ4n) is 2.46. The molecule has 0 bridgehead atoms. The van der Waals surface area contributed by atoms with Gasteiger partial charge in [-0.15, -0.1) is 11.3 Å². The zero-order chi connectivity index (χ0) is 14.5. The molecular weight excluding hydrogens is 286 g/mol. The van der Waals surface area contributed by atoms with Crippen LogP contribution in [0.3, 0.4) is 0 Å². The van der Waals surface area contributed by atoms with Crippen molar-refractivity contribution in [1.82, 2.24) is 9.78 Å². The van der Waals surface area contributed by atoms with Gasteiger partial charge >= 0.3 is 0 Å². The van der Waals surface area contributed by atoms with Crippen molar-refractivity contribution in [2.45, 2.75) is 38.3 Å². The number of carbonyl (C=O) groups excluding carboxylic acids is 1. The first-order valence-electron chi connectivity index (χ1n) is 7.26. The molecular formula is C15H19N3O2S. The van der Waals surface area contributed by atoms with Crippen molar-refractivity contribution < 1.29 is 9.53 Å². The number of nitrogens with zero attached hydrogens (tertiary/aromatic N) is 2. The van der Waals surface area contributed by atoms with Crippen LogP contribution < -0.4 is 5.32 Å². The molecule has 1 amide bonds. The van der Waals surface area contributed by atoms with Crippen LogP contribution in [-0.2, 0) is 22.5 Å². The van der Waals surface area contributed by atoms with E-state index in [0.717, 1.165) is 36.6 Å². The van der Waals surface area contributed by atoms with E-state index in [4.69, 9.17) is 4.74 Å². The predicted molar refractivity (Wildman–Crippen MR) is 82.5 cm³/mol.